The number of carbonyl (C=O) groups excluding carboxylic acids is 1. The molecular formula is C21H25N7O3S. The van der Waals surface area contributed by atoms with E-state index in [1.54, 1.807) is 42.6 Å². The Kier molecular flexibility index (Phi) is 6.07. The van der Waals surface area contributed by atoms with E-state index >= 15 is 0 Å². The van der Waals surface area contributed by atoms with Crippen LogP contribution < -0.4 is 16.4 Å². The molecule has 0 saturated carbocycles. The zero-order valence-corrected chi connectivity index (χ0v) is 18.4. The number of hydrogen-bond donors (Lipinski definition) is 3. The fourth-order valence-electron chi connectivity index (χ4n) is 3.43. The van der Waals surface area contributed by atoms with Crippen LogP contribution in [-0.2, 0) is 14.8 Å². The number of carbonyl (C=O) groups is 1. The number of pyridine rings is 1. The summed E-state index contributed by atoms with van der Waals surface area (Å²) in [6, 6.07) is 9.84. The molecule has 11 heteroatoms. The summed E-state index contributed by atoms with van der Waals surface area (Å²) >= 11 is 0. The molecule has 2 aromatic rings. The van der Waals surface area contributed by atoms with Crippen molar-refractivity contribution in [1.82, 2.24) is 19.5 Å². The van der Waals surface area contributed by atoms with Crippen molar-refractivity contribution in [1.29, 1.82) is 0 Å². The number of nitrogens with one attached hydrogen (secondary N) is 2. The molecule has 1 atom stereocenters. The topological polar surface area (TPSA) is 133 Å². The van der Waals surface area contributed by atoms with Crippen LogP contribution in [0.2, 0.25) is 0 Å². The minimum atomic E-state index is -3.56. The van der Waals surface area contributed by atoms with E-state index in [4.69, 9.17) is 5.73 Å². The molecule has 168 valence electrons. The van der Waals surface area contributed by atoms with Crippen LogP contribution in [0.15, 0.2) is 64.9 Å². The number of rotatable bonds is 5. The van der Waals surface area contributed by atoms with E-state index in [0.29, 0.717) is 43.1 Å². The third-order valence-electron chi connectivity index (χ3n) is 5.38. The van der Waals surface area contributed by atoms with Gasteiger partial charge in [0.2, 0.25) is 15.7 Å². The molecule has 4 N–H and O–H groups in total. The predicted molar refractivity (Wildman–Crippen MR) is 122 cm³/mol. The average Bonchev–Trinajstić information content (AvgIpc) is 2.80. The predicted octanol–water partition coefficient (Wildman–Crippen LogP) is 0.284. The molecule has 4 rings (SSSR count). The first-order chi connectivity index (χ1) is 15.3. The molecule has 2 aliphatic rings. The number of nitrogens with zero attached hydrogens (tertiary/aromatic N) is 4. The van der Waals surface area contributed by atoms with Gasteiger partial charge in [-0.1, -0.05) is 12.1 Å². The number of piperazine rings is 1. The molecule has 3 heterocycles. The van der Waals surface area contributed by atoms with Crippen LogP contribution in [0.4, 0.5) is 5.69 Å². The highest BCUT2D eigenvalue weighted by atomic mass is 32.2. The Morgan fingerprint density at radius 1 is 1.16 bits per heavy atom. The van der Waals surface area contributed by atoms with Gasteiger partial charge >= 0.3 is 0 Å². The first-order valence-corrected chi connectivity index (χ1v) is 11.5. The number of nitrogens with two attached hydrogens (primary N) is 1. The number of amides is 1. The molecule has 0 bridgehead atoms. The van der Waals surface area contributed by atoms with Crippen molar-refractivity contribution < 1.29 is 13.2 Å². The standard InChI is InChI=1S/C21H25N7O3S/c1-27-9-11-28(12-10-27)32(30,31)18-6-4-16(5-7-18)19-14-24-15-21(22,26-19)20(29)25-17-3-2-8-23-13-17/h2-8,13-15,26H,9-12,22H2,1H3,(H,25,29). The van der Waals surface area contributed by atoms with Gasteiger partial charge in [-0.15, -0.1) is 0 Å². The number of aromatic nitrogens is 1. The maximum absolute atomic E-state index is 12.9. The van der Waals surface area contributed by atoms with Crippen LogP contribution in [0.3, 0.4) is 0 Å². The van der Waals surface area contributed by atoms with Crippen molar-refractivity contribution in [3.63, 3.8) is 0 Å². The number of aliphatic imine (C=N–C) groups is 1. The van der Waals surface area contributed by atoms with E-state index in [1.165, 1.54) is 22.9 Å². The summed E-state index contributed by atoms with van der Waals surface area (Å²) < 4.78 is 27.3. The number of sulfonamides is 1. The highest BCUT2D eigenvalue weighted by molar-refractivity contribution is 7.89. The molecule has 1 saturated heterocycles. The summed E-state index contributed by atoms with van der Waals surface area (Å²) in [7, 11) is -1.59. The van der Waals surface area contributed by atoms with Crippen molar-refractivity contribution in [2.24, 2.45) is 10.7 Å². The third kappa shape index (κ3) is 4.55. The Hall–Kier alpha value is -3.12. The minimum Gasteiger partial charge on any atom is -0.353 e. The summed E-state index contributed by atoms with van der Waals surface area (Å²) in [6.45, 7) is 2.32. The van der Waals surface area contributed by atoms with Crippen molar-refractivity contribution in [2.45, 2.75) is 10.6 Å². The van der Waals surface area contributed by atoms with E-state index in [9.17, 15) is 13.2 Å². The lowest BCUT2D eigenvalue weighted by Gasteiger charge is -2.31. The summed E-state index contributed by atoms with van der Waals surface area (Å²) in [4.78, 5) is 23.1. The van der Waals surface area contributed by atoms with Crippen LogP contribution in [-0.4, -0.2) is 73.6 Å². The lowest BCUT2D eigenvalue weighted by Crippen LogP contribution is -2.63. The van der Waals surface area contributed by atoms with Gasteiger partial charge in [0.05, 0.1) is 34.9 Å². The molecule has 0 spiro atoms. The Morgan fingerprint density at radius 3 is 2.53 bits per heavy atom. The van der Waals surface area contributed by atoms with Gasteiger partial charge in [-0.25, -0.2) is 8.42 Å². The fourth-order valence-corrected chi connectivity index (χ4v) is 4.86. The van der Waals surface area contributed by atoms with Crippen LogP contribution in [0.25, 0.3) is 5.70 Å². The van der Waals surface area contributed by atoms with Crippen LogP contribution in [0, 0.1) is 0 Å². The maximum atomic E-state index is 12.9. The molecule has 10 nitrogen and oxygen atoms in total. The number of anilines is 1. The first-order valence-electron chi connectivity index (χ1n) is 10.1. The highest BCUT2D eigenvalue weighted by Gasteiger charge is 2.35. The smallest absolute Gasteiger partial charge is 0.270 e. The molecule has 1 fully saturated rings. The Bertz CT molecular complexity index is 1140. The van der Waals surface area contributed by atoms with Gasteiger partial charge in [0.1, 0.15) is 0 Å². The molecule has 1 aromatic carbocycles. The Morgan fingerprint density at radius 2 is 1.88 bits per heavy atom. The van der Waals surface area contributed by atoms with Gasteiger partial charge in [0.25, 0.3) is 5.91 Å². The van der Waals surface area contributed by atoms with E-state index in [1.807, 2.05) is 7.05 Å². The SMILES string of the molecule is CN1CCN(S(=O)(=O)c2ccc(C3=CN=CC(N)(C(=O)Nc4cccnc4)N3)cc2)CC1. The van der Waals surface area contributed by atoms with Gasteiger partial charge in [0, 0.05) is 32.4 Å². The zero-order valence-electron chi connectivity index (χ0n) is 17.6. The molecule has 1 unspecified atom stereocenters. The van der Waals surface area contributed by atoms with Crippen LogP contribution >= 0.6 is 0 Å². The molecule has 1 aromatic heterocycles. The van der Waals surface area contributed by atoms with E-state index < -0.39 is 21.6 Å². The van der Waals surface area contributed by atoms with Crippen LogP contribution in [0.1, 0.15) is 5.56 Å². The minimum absolute atomic E-state index is 0.221. The lowest BCUT2D eigenvalue weighted by molar-refractivity contribution is -0.119. The molecule has 32 heavy (non-hydrogen) atoms. The van der Waals surface area contributed by atoms with Gasteiger partial charge in [0.15, 0.2) is 0 Å². The van der Waals surface area contributed by atoms with E-state index in [0.717, 1.165) is 0 Å². The number of hydrogen-bond acceptors (Lipinski definition) is 8. The Labute approximate surface area is 186 Å². The fraction of sp³-hybridized carbons (Fsp3) is 0.286. The first kappa shape index (κ1) is 22.1. The quantitative estimate of drug-likeness (QED) is 0.590. The van der Waals surface area contributed by atoms with Crippen molar-refractivity contribution in [3.8, 4) is 0 Å². The second-order valence-corrected chi connectivity index (χ2v) is 9.68. The lowest BCUT2D eigenvalue weighted by atomic mass is 10.1. The summed E-state index contributed by atoms with van der Waals surface area (Å²) in [5, 5.41) is 5.68. The van der Waals surface area contributed by atoms with Crippen molar-refractivity contribution in [3.05, 3.63) is 60.6 Å². The Balaban J connectivity index is 1.48. The monoisotopic (exact) mass is 455 g/mol. The maximum Gasteiger partial charge on any atom is 0.270 e. The molecule has 2 aliphatic heterocycles. The summed E-state index contributed by atoms with van der Waals surface area (Å²) in [5.41, 5.74) is 6.33. The summed E-state index contributed by atoms with van der Waals surface area (Å²) in [6.07, 6.45) is 5.96. The van der Waals surface area contributed by atoms with Crippen molar-refractivity contribution >= 4 is 33.5 Å². The third-order valence-corrected chi connectivity index (χ3v) is 7.30. The van der Waals surface area contributed by atoms with E-state index in [2.05, 4.69) is 25.5 Å². The number of likely N-dealkylation sites (N-methyl/N-ethyl adjacent to an activating group) is 1. The van der Waals surface area contributed by atoms with Gasteiger partial charge in [-0.2, -0.15) is 4.31 Å². The zero-order chi connectivity index (χ0) is 22.8. The second kappa shape index (κ2) is 8.79. The van der Waals surface area contributed by atoms with Gasteiger partial charge in [-0.3, -0.25) is 20.5 Å². The van der Waals surface area contributed by atoms with Crippen LogP contribution in [0.5, 0.6) is 0 Å². The second-order valence-electron chi connectivity index (χ2n) is 7.74. The molecule has 0 radical (unpaired) electrons. The van der Waals surface area contributed by atoms with E-state index in [-0.39, 0.29) is 4.90 Å². The molecule has 1 amide bonds. The average molecular weight is 456 g/mol. The van der Waals surface area contributed by atoms with Crippen molar-refractivity contribution in [2.75, 3.05) is 38.5 Å². The summed E-state index contributed by atoms with van der Waals surface area (Å²) in [5.74, 6) is -0.505. The largest absolute Gasteiger partial charge is 0.353 e. The molecular weight excluding hydrogens is 430 g/mol. The van der Waals surface area contributed by atoms with Gasteiger partial charge in [-0.05, 0) is 36.9 Å². The normalized spacial score (nSPS) is 22.1. The number of benzene rings is 1. The van der Waals surface area contributed by atoms with Gasteiger partial charge < -0.3 is 15.5 Å². The highest BCUT2D eigenvalue weighted by Crippen LogP contribution is 2.22. The molecule has 0 aliphatic carbocycles.